The van der Waals surface area contributed by atoms with E-state index < -0.39 is 11.9 Å². The Kier molecular flexibility index (Phi) is 3.28. The van der Waals surface area contributed by atoms with E-state index in [0.29, 0.717) is 0 Å². The van der Waals surface area contributed by atoms with Crippen molar-refractivity contribution in [3.05, 3.63) is 35.9 Å². The minimum atomic E-state index is -0.838. The summed E-state index contributed by atoms with van der Waals surface area (Å²) in [4.78, 5) is 27.0. The van der Waals surface area contributed by atoms with Gasteiger partial charge in [-0.05, 0) is 61.8 Å². The summed E-state index contributed by atoms with van der Waals surface area (Å²) in [6, 6.07) is 9.54. The molecule has 5 fully saturated rings. The third-order valence-corrected chi connectivity index (χ3v) is 7.30. The lowest BCUT2D eigenvalue weighted by molar-refractivity contribution is -0.151. The van der Waals surface area contributed by atoms with Crippen molar-refractivity contribution < 1.29 is 14.7 Å². The lowest BCUT2D eigenvalue weighted by atomic mass is 9.52. The van der Waals surface area contributed by atoms with Crippen LogP contribution in [0.4, 0.5) is 0 Å². The summed E-state index contributed by atoms with van der Waals surface area (Å²) in [5.74, 6) is 0.804. The molecule has 0 unspecified atom stereocenters. The van der Waals surface area contributed by atoms with Crippen molar-refractivity contribution >= 4 is 11.9 Å². The molecule has 6 rings (SSSR count). The van der Waals surface area contributed by atoms with Crippen LogP contribution in [0.2, 0.25) is 0 Å². The fraction of sp³-hybridized carbons (Fsp3) is 0.619. The van der Waals surface area contributed by atoms with Crippen LogP contribution < -0.4 is 0 Å². The molecule has 1 aromatic rings. The largest absolute Gasteiger partial charge is 0.481 e. The lowest BCUT2D eigenvalue weighted by Gasteiger charge is -2.61. The van der Waals surface area contributed by atoms with E-state index in [4.69, 9.17) is 0 Å². The molecule has 2 atom stereocenters. The van der Waals surface area contributed by atoms with E-state index >= 15 is 0 Å². The van der Waals surface area contributed by atoms with Gasteiger partial charge in [0.2, 0.25) is 5.91 Å². The minimum Gasteiger partial charge on any atom is -0.481 e. The van der Waals surface area contributed by atoms with Gasteiger partial charge in [0.05, 0.1) is 12.0 Å². The zero-order valence-electron chi connectivity index (χ0n) is 14.4. The van der Waals surface area contributed by atoms with Crippen LogP contribution in [0.1, 0.15) is 56.6 Å². The molecule has 0 aromatic heterocycles. The van der Waals surface area contributed by atoms with Gasteiger partial charge in [-0.3, -0.25) is 9.59 Å². The first kappa shape index (κ1) is 15.4. The van der Waals surface area contributed by atoms with Crippen molar-refractivity contribution in [1.82, 2.24) is 4.90 Å². The molecule has 1 saturated heterocycles. The van der Waals surface area contributed by atoms with Gasteiger partial charge >= 0.3 is 5.97 Å². The number of hydrogen-bond acceptors (Lipinski definition) is 2. The number of benzene rings is 1. The van der Waals surface area contributed by atoms with Crippen molar-refractivity contribution in [2.75, 3.05) is 0 Å². The van der Waals surface area contributed by atoms with Crippen molar-refractivity contribution in [1.29, 1.82) is 0 Å². The normalized spacial score (nSPS) is 42.2. The van der Waals surface area contributed by atoms with Crippen LogP contribution >= 0.6 is 0 Å². The zero-order chi connectivity index (χ0) is 17.2. The Bertz CT molecular complexity index is 678. The average Bonchev–Trinajstić information content (AvgIpc) is 2.93. The Morgan fingerprint density at radius 2 is 1.56 bits per heavy atom. The Balaban J connectivity index is 1.58. The maximum Gasteiger partial charge on any atom is 0.309 e. The third-order valence-electron chi connectivity index (χ3n) is 7.30. The maximum atomic E-state index is 13.1. The molecule has 1 aliphatic heterocycles. The molecule has 0 spiro atoms. The Morgan fingerprint density at radius 3 is 2.08 bits per heavy atom. The van der Waals surface area contributed by atoms with Gasteiger partial charge in [-0.1, -0.05) is 30.3 Å². The third kappa shape index (κ3) is 2.26. The van der Waals surface area contributed by atoms with Crippen LogP contribution in [-0.2, 0) is 9.59 Å². The summed E-state index contributed by atoms with van der Waals surface area (Å²) < 4.78 is 0. The maximum absolute atomic E-state index is 13.1. The highest BCUT2D eigenvalue weighted by Crippen LogP contribution is 2.60. The van der Waals surface area contributed by atoms with E-state index in [9.17, 15) is 14.7 Å². The fourth-order valence-corrected chi connectivity index (χ4v) is 6.91. The molecule has 4 bridgehead atoms. The second-order valence-corrected chi connectivity index (χ2v) is 8.91. The van der Waals surface area contributed by atoms with Crippen LogP contribution in [0, 0.1) is 23.7 Å². The first-order valence-electron chi connectivity index (χ1n) is 9.66. The monoisotopic (exact) mass is 339 g/mol. The van der Waals surface area contributed by atoms with Gasteiger partial charge in [-0.15, -0.1) is 0 Å². The van der Waals surface area contributed by atoms with Gasteiger partial charge in [0, 0.05) is 12.0 Å². The lowest BCUT2D eigenvalue weighted by Crippen LogP contribution is -2.61. The summed E-state index contributed by atoms with van der Waals surface area (Å²) in [7, 11) is 0. The van der Waals surface area contributed by atoms with Crippen molar-refractivity contribution in [2.45, 2.75) is 56.5 Å². The molecule has 0 radical (unpaired) electrons. The highest BCUT2D eigenvalue weighted by molar-refractivity contribution is 5.88. The number of carbonyl (C=O) groups is 2. The molecule has 5 aliphatic rings. The van der Waals surface area contributed by atoms with Gasteiger partial charge in [0.15, 0.2) is 0 Å². The van der Waals surface area contributed by atoms with Crippen molar-refractivity contribution in [2.24, 2.45) is 23.7 Å². The van der Waals surface area contributed by atoms with E-state index in [2.05, 4.69) is 4.90 Å². The summed E-state index contributed by atoms with van der Waals surface area (Å²) in [5.41, 5.74) is 0.896. The predicted octanol–water partition coefficient (Wildman–Crippen LogP) is 3.63. The molecule has 1 N–H and O–H groups in total. The molecule has 25 heavy (non-hydrogen) atoms. The van der Waals surface area contributed by atoms with Gasteiger partial charge in [0.1, 0.15) is 0 Å². The van der Waals surface area contributed by atoms with Crippen LogP contribution in [0.25, 0.3) is 0 Å². The van der Waals surface area contributed by atoms with E-state index in [1.165, 1.54) is 19.3 Å². The smallest absolute Gasteiger partial charge is 0.309 e. The molecule has 1 amide bonds. The second kappa shape index (κ2) is 5.33. The molecule has 4 heteroatoms. The first-order valence-corrected chi connectivity index (χ1v) is 9.66. The van der Waals surface area contributed by atoms with E-state index in [1.807, 2.05) is 30.3 Å². The molecule has 4 nitrogen and oxygen atoms in total. The molecule has 132 valence electrons. The number of hydrogen-bond donors (Lipinski definition) is 1. The van der Waals surface area contributed by atoms with E-state index in [0.717, 1.165) is 42.6 Å². The Labute approximate surface area is 148 Å². The van der Waals surface area contributed by atoms with E-state index in [1.54, 1.807) is 0 Å². The molecule has 4 saturated carbocycles. The summed E-state index contributed by atoms with van der Waals surface area (Å²) in [5, 5.41) is 9.78. The highest BCUT2D eigenvalue weighted by atomic mass is 16.4. The van der Waals surface area contributed by atoms with Gasteiger partial charge in [0.25, 0.3) is 0 Å². The number of aliphatic carboxylic acids is 1. The zero-order valence-corrected chi connectivity index (χ0v) is 14.4. The van der Waals surface area contributed by atoms with E-state index in [-0.39, 0.29) is 23.9 Å². The minimum absolute atomic E-state index is 0.0585. The molecule has 1 heterocycles. The second-order valence-electron chi connectivity index (χ2n) is 8.91. The van der Waals surface area contributed by atoms with Crippen LogP contribution in [-0.4, -0.2) is 27.4 Å². The SMILES string of the molecule is O=C(O)[C@H]1CC(=O)N(C23CC4CC(CC(C4)C2)C3)[C@H]1c1ccccc1. The first-order chi connectivity index (χ1) is 12.1. The Morgan fingerprint density at radius 1 is 1.00 bits per heavy atom. The van der Waals surface area contributed by atoms with Crippen LogP contribution in [0.15, 0.2) is 30.3 Å². The number of rotatable bonds is 3. The number of carboxylic acids is 1. The average molecular weight is 339 g/mol. The van der Waals surface area contributed by atoms with Crippen LogP contribution in [0.3, 0.4) is 0 Å². The topological polar surface area (TPSA) is 57.6 Å². The highest BCUT2D eigenvalue weighted by Gasteiger charge is 2.59. The fourth-order valence-electron chi connectivity index (χ4n) is 6.91. The van der Waals surface area contributed by atoms with Crippen LogP contribution in [0.5, 0.6) is 0 Å². The molecular weight excluding hydrogens is 314 g/mol. The van der Waals surface area contributed by atoms with Gasteiger partial charge < -0.3 is 10.0 Å². The number of amides is 1. The van der Waals surface area contributed by atoms with Gasteiger partial charge in [-0.25, -0.2) is 0 Å². The van der Waals surface area contributed by atoms with Crippen molar-refractivity contribution in [3.8, 4) is 0 Å². The Hall–Kier alpha value is -1.84. The number of likely N-dealkylation sites (tertiary alicyclic amines) is 1. The summed E-state index contributed by atoms with van der Waals surface area (Å²) in [6.45, 7) is 0. The number of carboxylic acid groups (broad SMARTS) is 1. The van der Waals surface area contributed by atoms with Crippen molar-refractivity contribution in [3.63, 3.8) is 0 Å². The number of nitrogens with zero attached hydrogens (tertiary/aromatic N) is 1. The molecule has 4 aliphatic carbocycles. The quantitative estimate of drug-likeness (QED) is 0.915. The predicted molar refractivity (Wildman–Crippen MR) is 92.7 cm³/mol. The van der Waals surface area contributed by atoms with Gasteiger partial charge in [-0.2, -0.15) is 0 Å². The molecular formula is C21H25NO3. The summed E-state index contributed by atoms with van der Waals surface area (Å²) >= 11 is 0. The standard InChI is InChI=1S/C21H25NO3/c23-18-9-17(20(24)25)19(16-4-2-1-3-5-16)22(18)21-10-13-6-14(11-21)8-15(7-13)12-21/h1-5,13-15,17,19H,6-12H2,(H,24,25)/t13?,14?,15?,17-,19-,21?/m0/s1. The number of carbonyl (C=O) groups excluding carboxylic acids is 1. The summed E-state index contributed by atoms with van der Waals surface area (Å²) in [6.07, 6.45) is 7.36. The molecule has 1 aromatic carbocycles.